The molecule has 0 aromatic heterocycles. The summed E-state index contributed by atoms with van der Waals surface area (Å²) >= 11 is 0. The molecule has 0 bridgehead atoms. The van der Waals surface area contributed by atoms with E-state index in [1.54, 1.807) is 7.11 Å². The van der Waals surface area contributed by atoms with Gasteiger partial charge < -0.3 is 9.47 Å². The van der Waals surface area contributed by atoms with Crippen LogP contribution in [-0.4, -0.2) is 44.0 Å². The second-order valence-corrected chi connectivity index (χ2v) is 3.27. The average molecular weight is 174 g/mol. The Morgan fingerprint density at radius 2 is 2.25 bits per heavy atom. The van der Waals surface area contributed by atoms with Gasteiger partial charge in [0.25, 0.3) is 0 Å². The molecule has 0 radical (unpaired) electrons. The molecular formula is C8H18N2O2. The molecule has 0 saturated carbocycles. The summed E-state index contributed by atoms with van der Waals surface area (Å²) in [6.07, 6.45) is 1.32. The molecule has 12 heavy (non-hydrogen) atoms. The number of hydrazine groups is 1. The summed E-state index contributed by atoms with van der Waals surface area (Å²) in [4.78, 5) is 0. The van der Waals surface area contributed by atoms with Gasteiger partial charge in [0.05, 0.1) is 19.3 Å². The number of hydrogen-bond acceptors (Lipinski definition) is 4. The first-order valence-corrected chi connectivity index (χ1v) is 4.36. The highest BCUT2D eigenvalue weighted by Crippen LogP contribution is 2.15. The van der Waals surface area contributed by atoms with Crippen LogP contribution in [0.1, 0.15) is 13.3 Å². The normalized spacial score (nSPS) is 31.2. The minimum Gasteiger partial charge on any atom is -0.382 e. The zero-order valence-electron chi connectivity index (χ0n) is 7.82. The highest BCUT2D eigenvalue weighted by atomic mass is 16.5. The molecule has 2 N–H and O–H groups in total. The summed E-state index contributed by atoms with van der Waals surface area (Å²) in [5.41, 5.74) is 0. The fraction of sp³-hybridized carbons (Fsp3) is 1.00. The minimum atomic E-state index is 0.292. The molecule has 1 rings (SSSR count). The van der Waals surface area contributed by atoms with Crippen molar-refractivity contribution in [2.24, 2.45) is 5.84 Å². The summed E-state index contributed by atoms with van der Waals surface area (Å²) < 4.78 is 10.4. The number of ether oxygens (including phenoxy) is 2. The highest BCUT2D eigenvalue weighted by Gasteiger charge is 2.26. The molecule has 0 amide bonds. The summed E-state index contributed by atoms with van der Waals surface area (Å²) in [7, 11) is 1.68. The zero-order chi connectivity index (χ0) is 8.97. The molecule has 1 heterocycles. The molecule has 1 aliphatic heterocycles. The molecule has 1 fully saturated rings. The molecule has 0 spiro atoms. The fourth-order valence-electron chi connectivity index (χ4n) is 1.42. The van der Waals surface area contributed by atoms with Crippen LogP contribution in [-0.2, 0) is 9.47 Å². The van der Waals surface area contributed by atoms with Crippen LogP contribution in [0.15, 0.2) is 0 Å². The zero-order valence-corrected chi connectivity index (χ0v) is 7.82. The van der Waals surface area contributed by atoms with Gasteiger partial charge in [-0.25, -0.2) is 5.01 Å². The third-order valence-electron chi connectivity index (χ3n) is 2.23. The molecular weight excluding hydrogens is 156 g/mol. The van der Waals surface area contributed by atoms with Gasteiger partial charge in [-0.15, -0.1) is 0 Å². The Kier molecular flexibility index (Phi) is 3.94. The summed E-state index contributed by atoms with van der Waals surface area (Å²) in [6, 6.07) is 0.442. The Balaban J connectivity index is 2.10. The number of methoxy groups -OCH3 is 1. The molecule has 4 heteroatoms. The van der Waals surface area contributed by atoms with E-state index in [0.29, 0.717) is 25.4 Å². The van der Waals surface area contributed by atoms with E-state index in [-0.39, 0.29) is 0 Å². The first-order chi connectivity index (χ1) is 5.74. The fourth-order valence-corrected chi connectivity index (χ4v) is 1.42. The van der Waals surface area contributed by atoms with Crippen LogP contribution in [0.25, 0.3) is 0 Å². The molecule has 0 aromatic rings. The van der Waals surface area contributed by atoms with Crippen molar-refractivity contribution in [2.75, 3.05) is 26.9 Å². The standard InChI is InChI=1S/C8H18N2O2/c1-7-5-8(6-10(7)9)12-4-3-11-2/h7-8H,3-6,9H2,1-2H3/t7-,8+/m1/s1. The number of rotatable bonds is 4. The van der Waals surface area contributed by atoms with E-state index in [2.05, 4.69) is 6.92 Å². The predicted octanol–water partition coefficient (Wildman–Crippen LogP) is -0.0141. The van der Waals surface area contributed by atoms with Crippen molar-refractivity contribution in [1.29, 1.82) is 0 Å². The molecule has 0 aromatic carbocycles. The topological polar surface area (TPSA) is 47.7 Å². The Labute approximate surface area is 73.6 Å². The minimum absolute atomic E-state index is 0.292. The SMILES string of the molecule is COCCO[C@H]1C[C@@H](C)N(N)C1. The maximum absolute atomic E-state index is 5.69. The predicted molar refractivity (Wildman–Crippen MR) is 46.6 cm³/mol. The summed E-state index contributed by atoms with van der Waals surface area (Å²) in [6.45, 7) is 4.28. The van der Waals surface area contributed by atoms with Crippen molar-refractivity contribution in [3.63, 3.8) is 0 Å². The van der Waals surface area contributed by atoms with Crippen LogP contribution in [0.4, 0.5) is 0 Å². The van der Waals surface area contributed by atoms with Crippen molar-refractivity contribution in [3.05, 3.63) is 0 Å². The van der Waals surface area contributed by atoms with Crippen molar-refractivity contribution in [2.45, 2.75) is 25.5 Å². The number of nitrogens with two attached hydrogens (primary N) is 1. The van der Waals surface area contributed by atoms with E-state index in [4.69, 9.17) is 15.3 Å². The third kappa shape index (κ3) is 2.71. The van der Waals surface area contributed by atoms with E-state index in [1.165, 1.54) is 0 Å². The van der Waals surface area contributed by atoms with E-state index < -0.39 is 0 Å². The highest BCUT2D eigenvalue weighted by molar-refractivity contribution is 4.79. The van der Waals surface area contributed by atoms with Gasteiger partial charge in [0, 0.05) is 19.7 Å². The Morgan fingerprint density at radius 3 is 2.75 bits per heavy atom. The van der Waals surface area contributed by atoms with Crippen LogP contribution < -0.4 is 5.84 Å². The van der Waals surface area contributed by atoms with Crippen LogP contribution in [0.3, 0.4) is 0 Å². The molecule has 2 atom stereocenters. The quantitative estimate of drug-likeness (QED) is 0.481. The largest absolute Gasteiger partial charge is 0.382 e. The maximum atomic E-state index is 5.69. The lowest BCUT2D eigenvalue weighted by molar-refractivity contribution is 0.0221. The van der Waals surface area contributed by atoms with Crippen molar-refractivity contribution in [3.8, 4) is 0 Å². The van der Waals surface area contributed by atoms with Gasteiger partial charge in [0.2, 0.25) is 0 Å². The number of nitrogens with zero attached hydrogens (tertiary/aromatic N) is 1. The lowest BCUT2D eigenvalue weighted by Crippen LogP contribution is -2.34. The van der Waals surface area contributed by atoms with Gasteiger partial charge in [-0.3, -0.25) is 5.84 Å². The smallest absolute Gasteiger partial charge is 0.0732 e. The monoisotopic (exact) mass is 174 g/mol. The maximum Gasteiger partial charge on any atom is 0.0732 e. The molecule has 0 unspecified atom stereocenters. The lowest BCUT2D eigenvalue weighted by atomic mass is 10.2. The average Bonchev–Trinajstić information content (AvgIpc) is 2.32. The second-order valence-electron chi connectivity index (χ2n) is 3.27. The molecule has 1 aliphatic rings. The Morgan fingerprint density at radius 1 is 1.50 bits per heavy atom. The molecule has 4 nitrogen and oxygen atoms in total. The third-order valence-corrected chi connectivity index (χ3v) is 2.23. The van der Waals surface area contributed by atoms with Gasteiger partial charge in [-0.1, -0.05) is 0 Å². The summed E-state index contributed by atoms with van der Waals surface area (Å²) in [5.74, 6) is 5.69. The molecule has 0 aliphatic carbocycles. The van der Waals surface area contributed by atoms with Crippen LogP contribution in [0, 0.1) is 0 Å². The van der Waals surface area contributed by atoms with Crippen LogP contribution in [0.2, 0.25) is 0 Å². The second kappa shape index (κ2) is 4.77. The van der Waals surface area contributed by atoms with Gasteiger partial charge in [0.15, 0.2) is 0 Å². The van der Waals surface area contributed by atoms with Crippen molar-refractivity contribution < 1.29 is 9.47 Å². The molecule has 72 valence electrons. The number of hydrogen-bond donors (Lipinski definition) is 1. The summed E-state index contributed by atoms with van der Waals surface area (Å²) in [5, 5.41) is 1.83. The van der Waals surface area contributed by atoms with Gasteiger partial charge >= 0.3 is 0 Å². The van der Waals surface area contributed by atoms with E-state index in [9.17, 15) is 0 Å². The molecule has 1 saturated heterocycles. The lowest BCUT2D eigenvalue weighted by Gasteiger charge is -2.12. The van der Waals surface area contributed by atoms with Crippen molar-refractivity contribution in [1.82, 2.24) is 5.01 Å². The van der Waals surface area contributed by atoms with Gasteiger partial charge in [-0.2, -0.15) is 0 Å². The van der Waals surface area contributed by atoms with Gasteiger partial charge in [0.1, 0.15) is 0 Å². The van der Waals surface area contributed by atoms with E-state index in [1.807, 2.05) is 5.01 Å². The van der Waals surface area contributed by atoms with Crippen molar-refractivity contribution >= 4 is 0 Å². The van der Waals surface area contributed by atoms with E-state index >= 15 is 0 Å². The van der Waals surface area contributed by atoms with Gasteiger partial charge in [-0.05, 0) is 13.3 Å². The Bertz CT molecular complexity index is 122. The van der Waals surface area contributed by atoms with E-state index in [0.717, 1.165) is 13.0 Å². The Hall–Kier alpha value is -0.160. The van der Waals surface area contributed by atoms with Crippen LogP contribution in [0.5, 0.6) is 0 Å². The first-order valence-electron chi connectivity index (χ1n) is 4.36. The van der Waals surface area contributed by atoms with Crippen LogP contribution >= 0.6 is 0 Å². The first kappa shape index (κ1) is 9.92.